The summed E-state index contributed by atoms with van der Waals surface area (Å²) in [4.78, 5) is 0. The summed E-state index contributed by atoms with van der Waals surface area (Å²) in [7, 11) is 0. The molecule has 0 spiro atoms. The summed E-state index contributed by atoms with van der Waals surface area (Å²) in [6.07, 6.45) is 1.83. The number of rotatable bonds is 4. The van der Waals surface area contributed by atoms with Crippen molar-refractivity contribution in [3.63, 3.8) is 0 Å². The smallest absolute Gasteiger partial charge is 0.142 e. The average molecular weight is 267 g/mol. The summed E-state index contributed by atoms with van der Waals surface area (Å²) in [5.41, 5.74) is 3.11. The largest absolute Gasteiger partial charge is 0.265 e. The van der Waals surface area contributed by atoms with Gasteiger partial charge in [0.1, 0.15) is 5.82 Å². The molecule has 1 aromatic heterocycles. The summed E-state index contributed by atoms with van der Waals surface area (Å²) >= 11 is 5.67. The Kier molecular flexibility index (Phi) is 4.02. The van der Waals surface area contributed by atoms with Gasteiger partial charge in [0.2, 0.25) is 0 Å². The lowest BCUT2D eigenvalue weighted by atomic mass is 10.2. The second-order valence-electron chi connectivity index (χ2n) is 4.24. The average Bonchev–Trinajstić information content (AvgIpc) is 2.76. The standard InChI is InChI=1S/C14H16ClFN2/c1-3-11-8-12(4-2)18(17-11)9-10-5-6-13(15)14(16)7-10/h5-8H,3-4,9H2,1-2H3. The Hall–Kier alpha value is -1.35. The van der Waals surface area contributed by atoms with E-state index >= 15 is 0 Å². The molecule has 4 heteroatoms. The third kappa shape index (κ3) is 2.72. The van der Waals surface area contributed by atoms with Crippen LogP contribution in [-0.2, 0) is 19.4 Å². The molecule has 0 atom stereocenters. The molecule has 0 radical (unpaired) electrons. The van der Waals surface area contributed by atoms with Gasteiger partial charge in [-0.25, -0.2) is 4.39 Å². The SMILES string of the molecule is CCc1cc(CC)n(Cc2ccc(Cl)c(F)c2)n1. The minimum atomic E-state index is -0.380. The van der Waals surface area contributed by atoms with Gasteiger partial charge in [0.25, 0.3) is 0 Å². The first-order chi connectivity index (χ1) is 8.63. The summed E-state index contributed by atoms with van der Waals surface area (Å²) in [5.74, 6) is -0.380. The fourth-order valence-electron chi connectivity index (χ4n) is 1.92. The molecule has 0 N–H and O–H groups in total. The second-order valence-corrected chi connectivity index (χ2v) is 4.65. The number of aromatic nitrogens is 2. The van der Waals surface area contributed by atoms with Gasteiger partial charge in [0.15, 0.2) is 0 Å². The first-order valence-corrected chi connectivity index (χ1v) is 6.51. The van der Waals surface area contributed by atoms with Crippen LogP contribution in [0.3, 0.4) is 0 Å². The molecular weight excluding hydrogens is 251 g/mol. The van der Waals surface area contributed by atoms with Crippen molar-refractivity contribution in [1.82, 2.24) is 9.78 Å². The Balaban J connectivity index is 2.27. The van der Waals surface area contributed by atoms with Gasteiger partial charge in [0.05, 0.1) is 17.3 Å². The molecule has 2 rings (SSSR count). The molecule has 0 aliphatic heterocycles. The van der Waals surface area contributed by atoms with Crippen LogP contribution in [0.2, 0.25) is 5.02 Å². The lowest BCUT2D eigenvalue weighted by molar-refractivity contribution is 0.612. The second kappa shape index (κ2) is 5.53. The first-order valence-electron chi connectivity index (χ1n) is 6.13. The van der Waals surface area contributed by atoms with E-state index in [9.17, 15) is 4.39 Å². The predicted octanol–water partition coefficient (Wildman–Crippen LogP) is 3.85. The maximum atomic E-state index is 13.4. The van der Waals surface area contributed by atoms with Gasteiger partial charge in [-0.1, -0.05) is 31.5 Å². The Morgan fingerprint density at radius 2 is 2.00 bits per heavy atom. The third-order valence-corrected chi connectivity index (χ3v) is 3.26. The van der Waals surface area contributed by atoms with Crippen molar-refractivity contribution < 1.29 is 4.39 Å². The minimum Gasteiger partial charge on any atom is -0.265 e. The number of nitrogens with zero attached hydrogens (tertiary/aromatic N) is 2. The maximum Gasteiger partial charge on any atom is 0.142 e. The summed E-state index contributed by atoms with van der Waals surface area (Å²) < 4.78 is 15.3. The van der Waals surface area contributed by atoms with E-state index in [2.05, 4.69) is 25.0 Å². The molecule has 0 saturated heterocycles. The van der Waals surface area contributed by atoms with Crippen molar-refractivity contribution in [2.24, 2.45) is 0 Å². The zero-order chi connectivity index (χ0) is 13.1. The van der Waals surface area contributed by atoms with Crippen LogP contribution >= 0.6 is 11.6 Å². The molecule has 96 valence electrons. The van der Waals surface area contributed by atoms with E-state index in [1.165, 1.54) is 11.8 Å². The highest BCUT2D eigenvalue weighted by atomic mass is 35.5. The normalized spacial score (nSPS) is 10.9. The molecular formula is C14H16ClFN2. The maximum absolute atomic E-state index is 13.4. The number of halogens is 2. The van der Waals surface area contributed by atoms with Crippen LogP contribution in [0.5, 0.6) is 0 Å². The quantitative estimate of drug-likeness (QED) is 0.822. The highest BCUT2D eigenvalue weighted by Gasteiger charge is 2.07. The van der Waals surface area contributed by atoms with Crippen molar-refractivity contribution in [2.45, 2.75) is 33.2 Å². The van der Waals surface area contributed by atoms with E-state index < -0.39 is 0 Å². The van der Waals surface area contributed by atoms with Gasteiger partial charge in [-0.3, -0.25) is 4.68 Å². The molecule has 2 aromatic rings. The molecule has 1 heterocycles. The fraction of sp³-hybridized carbons (Fsp3) is 0.357. The van der Waals surface area contributed by atoms with Crippen LogP contribution in [0.1, 0.15) is 30.8 Å². The van der Waals surface area contributed by atoms with Gasteiger partial charge in [0, 0.05) is 5.69 Å². The predicted molar refractivity (Wildman–Crippen MR) is 71.5 cm³/mol. The summed E-state index contributed by atoms with van der Waals surface area (Å²) in [5, 5.41) is 4.66. The number of aryl methyl sites for hydroxylation is 2. The number of benzene rings is 1. The zero-order valence-electron chi connectivity index (χ0n) is 10.6. The number of hydrogen-bond donors (Lipinski definition) is 0. The van der Waals surface area contributed by atoms with Crippen molar-refractivity contribution in [1.29, 1.82) is 0 Å². The van der Waals surface area contributed by atoms with E-state index in [0.717, 1.165) is 24.1 Å². The molecule has 18 heavy (non-hydrogen) atoms. The molecule has 0 aliphatic carbocycles. The van der Waals surface area contributed by atoms with E-state index in [-0.39, 0.29) is 10.8 Å². The van der Waals surface area contributed by atoms with Crippen LogP contribution in [0.4, 0.5) is 4.39 Å². The number of hydrogen-bond acceptors (Lipinski definition) is 1. The van der Waals surface area contributed by atoms with Crippen molar-refractivity contribution in [3.05, 3.63) is 52.1 Å². The van der Waals surface area contributed by atoms with E-state index in [4.69, 9.17) is 11.6 Å². The third-order valence-electron chi connectivity index (χ3n) is 2.95. The molecule has 0 fully saturated rings. The van der Waals surface area contributed by atoms with E-state index in [1.807, 2.05) is 10.7 Å². The molecule has 1 aromatic carbocycles. The molecule has 0 aliphatic rings. The van der Waals surface area contributed by atoms with Gasteiger partial charge in [-0.2, -0.15) is 5.10 Å². The lowest BCUT2D eigenvalue weighted by Gasteiger charge is -2.06. The van der Waals surface area contributed by atoms with Crippen LogP contribution in [0.15, 0.2) is 24.3 Å². The first kappa shape index (κ1) is 13.1. The van der Waals surface area contributed by atoms with E-state index in [0.29, 0.717) is 6.54 Å². The van der Waals surface area contributed by atoms with Gasteiger partial charge in [-0.15, -0.1) is 0 Å². The highest BCUT2D eigenvalue weighted by molar-refractivity contribution is 6.30. The lowest BCUT2D eigenvalue weighted by Crippen LogP contribution is -2.06. The monoisotopic (exact) mass is 266 g/mol. The molecule has 2 nitrogen and oxygen atoms in total. The van der Waals surface area contributed by atoms with Crippen molar-refractivity contribution in [2.75, 3.05) is 0 Å². The molecule has 0 bridgehead atoms. The zero-order valence-corrected chi connectivity index (χ0v) is 11.3. The van der Waals surface area contributed by atoms with Gasteiger partial charge in [-0.05, 0) is 36.6 Å². The van der Waals surface area contributed by atoms with Crippen LogP contribution < -0.4 is 0 Å². The van der Waals surface area contributed by atoms with Crippen LogP contribution in [0, 0.1) is 5.82 Å². The summed E-state index contributed by atoms with van der Waals surface area (Å²) in [6.45, 7) is 4.75. The van der Waals surface area contributed by atoms with Crippen LogP contribution in [0.25, 0.3) is 0 Å². The molecule has 0 unspecified atom stereocenters. The molecule has 0 saturated carbocycles. The Bertz CT molecular complexity index is 549. The van der Waals surface area contributed by atoms with Crippen LogP contribution in [-0.4, -0.2) is 9.78 Å². The van der Waals surface area contributed by atoms with Crippen molar-refractivity contribution in [3.8, 4) is 0 Å². The van der Waals surface area contributed by atoms with Gasteiger partial charge < -0.3 is 0 Å². The Morgan fingerprint density at radius 3 is 2.61 bits per heavy atom. The Labute approximate surface area is 111 Å². The van der Waals surface area contributed by atoms with Crippen molar-refractivity contribution >= 4 is 11.6 Å². The fourth-order valence-corrected chi connectivity index (χ4v) is 2.04. The molecule has 0 amide bonds. The van der Waals surface area contributed by atoms with E-state index in [1.54, 1.807) is 6.07 Å². The Morgan fingerprint density at radius 1 is 1.22 bits per heavy atom. The topological polar surface area (TPSA) is 17.8 Å². The minimum absolute atomic E-state index is 0.157. The van der Waals surface area contributed by atoms with Gasteiger partial charge >= 0.3 is 0 Å². The highest BCUT2D eigenvalue weighted by Crippen LogP contribution is 2.17. The summed E-state index contributed by atoms with van der Waals surface area (Å²) in [6, 6.07) is 6.99.